The Bertz CT molecular complexity index is 1180. The van der Waals surface area contributed by atoms with Crippen LogP contribution in [-0.2, 0) is 14.3 Å². The third-order valence-corrected chi connectivity index (χ3v) is 14.1. The molecule has 2 unspecified atom stereocenters. The van der Waals surface area contributed by atoms with Gasteiger partial charge in [-0.05, 0) is 89.9 Å². The fourth-order valence-corrected chi connectivity index (χ4v) is 9.33. The molecule has 3 N–H and O–H groups in total. The number of hydrogen-bond acceptors (Lipinski definition) is 5. The van der Waals surface area contributed by atoms with E-state index in [2.05, 4.69) is 55.6 Å². The van der Waals surface area contributed by atoms with Crippen LogP contribution in [0.15, 0.2) is 48.6 Å². The summed E-state index contributed by atoms with van der Waals surface area (Å²) in [5.74, 6) is -0.119. The summed E-state index contributed by atoms with van der Waals surface area (Å²) in [7, 11) is 0. The van der Waals surface area contributed by atoms with Crippen molar-refractivity contribution in [1.82, 2.24) is 5.32 Å². The SMILES string of the molecule is CCCCCCCC/C=C\CCCCCCCC(=O)OCCCCC/C=C\C=C/CCCCCCCCC(=O)NC(CO)C(O)/C=C/CCCCCCCCCCCCCCCCCCCCCCC. The predicted octanol–water partition coefficient (Wildman–Crippen LogP) is 19.4. The molecule has 6 heteroatoms. The zero-order valence-corrected chi connectivity index (χ0v) is 46.7. The van der Waals surface area contributed by atoms with Crippen molar-refractivity contribution in [3.05, 3.63) is 48.6 Å². The number of hydrogen-bond donors (Lipinski definition) is 3. The number of rotatable bonds is 57. The van der Waals surface area contributed by atoms with Crippen LogP contribution in [0.4, 0.5) is 0 Å². The molecule has 0 aliphatic heterocycles. The maximum atomic E-state index is 12.5. The number of nitrogens with one attached hydrogen (secondary N) is 1. The van der Waals surface area contributed by atoms with E-state index in [-0.39, 0.29) is 18.5 Å². The zero-order chi connectivity index (χ0) is 50.7. The summed E-state index contributed by atoms with van der Waals surface area (Å²) in [4.78, 5) is 24.5. The first-order valence-electron chi connectivity index (χ1n) is 30.9. The fraction of sp³-hybridized carbons (Fsp3) is 0.844. The highest BCUT2D eigenvalue weighted by atomic mass is 16.5. The minimum atomic E-state index is -0.861. The maximum Gasteiger partial charge on any atom is 0.305 e. The number of carbonyl (C=O) groups is 2. The molecule has 0 radical (unpaired) electrons. The van der Waals surface area contributed by atoms with Crippen LogP contribution in [-0.4, -0.2) is 47.4 Å². The first-order chi connectivity index (χ1) is 34.5. The number of allylic oxidation sites excluding steroid dienone is 7. The normalized spacial score (nSPS) is 12.9. The first-order valence-corrected chi connectivity index (χ1v) is 30.9. The minimum Gasteiger partial charge on any atom is -0.466 e. The van der Waals surface area contributed by atoms with E-state index in [1.54, 1.807) is 6.08 Å². The number of amides is 1. The molecule has 0 spiro atoms. The molecule has 70 heavy (non-hydrogen) atoms. The van der Waals surface area contributed by atoms with Crippen LogP contribution in [0.1, 0.15) is 322 Å². The Morgan fingerprint density at radius 2 is 0.714 bits per heavy atom. The Morgan fingerprint density at radius 1 is 0.400 bits per heavy atom. The Kier molecular flexibility index (Phi) is 57.5. The van der Waals surface area contributed by atoms with Crippen molar-refractivity contribution in [2.45, 2.75) is 334 Å². The van der Waals surface area contributed by atoms with Crippen molar-refractivity contribution in [3.63, 3.8) is 0 Å². The molecule has 0 bridgehead atoms. The fourth-order valence-electron chi connectivity index (χ4n) is 9.33. The smallest absolute Gasteiger partial charge is 0.305 e. The second-order valence-electron chi connectivity index (χ2n) is 21.1. The van der Waals surface area contributed by atoms with E-state index in [4.69, 9.17) is 4.74 Å². The van der Waals surface area contributed by atoms with Gasteiger partial charge in [-0.3, -0.25) is 9.59 Å². The number of carbonyl (C=O) groups excluding carboxylic acids is 2. The van der Waals surface area contributed by atoms with Crippen LogP contribution < -0.4 is 5.32 Å². The largest absolute Gasteiger partial charge is 0.466 e. The van der Waals surface area contributed by atoms with E-state index >= 15 is 0 Å². The number of aliphatic hydroxyl groups is 2. The van der Waals surface area contributed by atoms with Gasteiger partial charge in [-0.25, -0.2) is 0 Å². The zero-order valence-electron chi connectivity index (χ0n) is 46.7. The van der Waals surface area contributed by atoms with Crippen LogP contribution in [0.2, 0.25) is 0 Å². The topological polar surface area (TPSA) is 95.9 Å². The third-order valence-electron chi connectivity index (χ3n) is 14.1. The molecule has 410 valence electrons. The van der Waals surface area contributed by atoms with Gasteiger partial charge in [0.1, 0.15) is 0 Å². The van der Waals surface area contributed by atoms with Crippen LogP contribution in [0.3, 0.4) is 0 Å². The lowest BCUT2D eigenvalue weighted by molar-refractivity contribution is -0.143. The third kappa shape index (κ3) is 55.1. The average molecular weight is 983 g/mol. The lowest BCUT2D eigenvalue weighted by atomic mass is 10.0. The van der Waals surface area contributed by atoms with Gasteiger partial charge in [-0.15, -0.1) is 0 Å². The van der Waals surface area contributed by atoms with E-state index in [1.165, 1.54) is 218 Å². The lowest BCUT2D eigenvalue weighted by Crippen LogP contribution is -2.45. The van der Waals surface area contributed by atoms with Crippen LogP contribution in [0.25, 0.3) is 0 Å². The van der Waals surface area contributed by atoms with Gasteiger partial charge >= 0.3 is 5.97 Å². The summed E-state index contributed by atoms with van der Waals surface area (Å²) in [6.07, 6.45) is 75.7. The van der Waals surface area contributed by atoms with E-state index in [9.17, 15) is 19.8 Å². The van der Waals surface area contributed by atoms with Gasteiger partial charge in [-0.2, -0.15) is 0 Å². The van der Waals surface area contributed by atoms with Crippen molar-refractivity contribution in [1.29, 1.82) is 0 Å². The maximum absolute atomic E-state index is 12.5. The summed E-state index contributed by atoms with van der Waals surface area (Å²) in [6.45, 7) is 4.85. The van der Waals surface area contributed by atoms with Gasteiger partial charge in [0.05, 0.1) is 25.4 Å². The molecular weight excluding hydrogens is 863 g/mol. The number of ether oxygens (including phenoxy) is 1. The molecule has 0 saturated heterocycles. The van der Waals surface area contributed by atoms with E-state index in [1.807, 2.05) is 6.08 Å². The van der Waals surface area contributed by atoms with E-state index < -0.39 is 12.1 Å². The minimum absolute atomic E-state index is 0.0307. The summed E-state index contributed by atoms with van der Waals surface area (Å²) in [6, 6.07) is -0.647. The van der Waals surface area contributed by atoms with Crippen LogP contribution >= 0.6 is 0 Å². The van der Waals surface area contributed by atoms with E-state index in [0.29, 0.717) is 19.4 Å². The molecule has 0 fully saturated rings. The Labute approximate surface area is 436 Å². The lowest BCUT2D eigenvalue weighted by Gasteiger charge is -2.20. The standard InChI is InChI=1S/C64H119NO5/c1-3-5-7-9-11-13-15-17-19-20-21-22-23-24-25-26-29-32-36-40-44-48-52-56-62(67)61(60-66)65-63(68)57-53-49-45-41-37-33-30-27-31-35-39-43-47-51-55-59-70-64(69)58-54-50-46-42-38-34-28-18-16-14-12-10-8-6-4-2/h18,27-28,31,35,39,52,56,61-62,66-67H,3-17,19-26,29-30,32-34,36-38,40-51,53-55,57-60H2,1-2H3,(H,65,68)/b28-18-,31-27-,39-35-,56-52+. The van der Waals surface area contributed by atoms with Gasteiger partial charge in [0.2, 0.25) is 5.91 Å². The molecule has 0 aromatic rings. The van der Waals surface area contributed by atoms with Crippen molar-refractivity contribution in [2.24, 2.45) is 0 Å². The molecular formula is C64H119NO5. The van der Waals surface area contributed by atoms with Gasteiger partial charge in [0.15, 0.2) is 0 Å². The van der Waals surface area contributed by atoms with Crippen molar-refractivity contribution >= 4 is 11.9 Å². The number of esters is 1. The molecule has 0 aliphatic carbocycles. The molecule has 0 saturated carbocycles. The molecule has 0 rings (SSSR count). The summed E-state index contributed by atoms with van der Waals surface area (Å²) in [5.41, 5.74) is 0. The molecule has 0 aromatic carbocycles. The second-order valence-corrected chi connectivity index (χ2v) is 21.1. The highest BCUT2D eigenvalue weighted by Gasteiger charge is 2.18. The van der Waals surface area contributed by atoms with Crippen molar-refractivity contribution in [2.75, 3.05) is 13.2 Å². The van der Waals surface area contributed by atoms with E-state index in [0.717, 1.165) is 77.0 Å². The molecule has 2 atom stereocenters. The Morgan fingerprint density at radius 3 is 1.10 bits per heavy atom. The van der Waals surface area contributed by atoms with Crippen LogP contribution in [0, 0.1) is 0 Å². The average Bonchev–Trinajstić information content (AvgIpc) is 3.36. The number of aliphatic hydroxyl groups excluding tert-OH is 2. The van der Waals surface area contributed by atoms with Crippen molar-refractivity contribution < 1.29 is 24.5 Å². The molecule has 1 amide bonds. The monoisotopic (exact) mass is 982 g/mol. The molecule has 0 aliphatic rings. The highest BCUT2D eigenvalue weighted by Crippen LogP contribution is 2.17. The summed E-state index contributed by atoms with van der Waals surface area (Å²) in [5, 5.41) is 23.2. The van der Waals surface area contributed by atoms with Gasteiger partial charge < -0.3 is 20.3 Å². The Balaban J connectivity index is 3.55. The molecule has 0 heterocycles. The second kappa shape index (κ2) is 59.4. The van der Waals surface area contributed by atoms with Gasteiger partial charge in [0.25, 0.3) is 0 Å². The number of unbranched alkanes of at least 4 members (excludes halogenated alkanes) is 41. The Hall–Kier alpha value is -2.18. The predicted molar refractivity (Wildman–Crippen MR) is 306 cm³/mol. The molecule has 6 nitrogen and oxygen atoms in total. The van der Waals surface area contributed by atoms with Crippen LogP contribution in [0.5, 0.6) is 0 Å². The summed E-state index contributed by atoms with van der Waals surface area (Å²) >= 11 is 0. The quantitative estimate of drug-likeness (QED) is 0.0244. The van der Waals surface area contributed by atoms with Gasteiger partial charge in [0, 0.05) is 12.8 Å². The highest BCUT2D eigenvalue weighted by molar-refractivity contribution is 5.76. The molecule has 0 aromatic heterocycles. The first kappa shape index (κ1) is 67.8. The van der Waals surface area contributed by atoms with Gasteiger partial charge in [-0.1, -0.05) is 268 Å². The summed E-state index contributed by atoms with van der Waals surface area (Å²) < 4.78 is 5.45. The van der Waals surface area contributed by atoms with Crippen molar-refractivity contribution in [3.8, 4) is 0 Å².